The minimum absolute atomic E-state index is 0.0214. The van der Waals surface area contributed by atoms with Crippen molar-refractivity contribution in [3.63, 3.8) is 0 Å². The summed E-state index contributed by atoms with van der Waals surface area (Å²) in [6.45, 7) is 3.64. The molecule has 1 amide bonds. The van der Waals surface area contributed by atoms with E-state index < -0.39 is 10.0 Å². The van der Waals surface area contributed by atoms with Gasteiger partial charge in [0.05, 0.1) is 18.2 Å². The maximum atomic E-state index is 12.5. The van der Waals surface area contributed by atoms with Crippen molar-refractivity contribution in [2.75, 3.05) is 32.6 Å². The van der Waals surface area contributed by atoms with Gasteiger partial charge in [0.2, 0.25) is 15.9 Å². The zero-order valence-electron chi connectivity index (χ0n) is 14.0. The molecular weight excluding hydrogens is 332 g/mol. The van der Waals surface area contributed by atoms with Crippen LogP contribution in [0.1, 0.15) is 30.3 Å². The number of ether oxygens (including phenoxy) is 1. The van der Waals surface area contributed by atoms with Gasteiger partial charge in [-0.25, -0.2) is 8.42 Å². The lowest BCUT2D eigenvalue weighted by atomic mass is 9.96. The molecule has 0 aromatic carbocycles. The number of amides is 1. The summed E-state index contributed by atoms with van der Waals surface area (Å²) in [6.07, 6.45) is 2.61. The SMILES string of the molecule is Cc1ccc([C@H]2CN(S(C)(=O)=O)C[C@@H]2NC(=O)C2CCOCC2)o1. The van der Waals surface area contributed by atoms with Crippen molar-refractivity contribution in [3.05, 3.63) is 23.7 Å². The number of hydrogen-bond donors (Lipinski definition) is 1. The Morgan fingerprint density at radius 2 is 1.96 bits per heavy atom. The Balaban J connectivity index is 1.75. The molecule has 2 saturated heterocycles. The Kier molecular flexibility index (Phi) is 4.98. The largest absolute Gasteiger partial charge is 0.466 e. The Bertz CT molecular complexity index is 693. The first-order chi connectivity index (χ1) is 11.3. The zero-order valence-corrected chi connectivity index (χ0v) is 14.8. The second-order valence-corrected chi connectivity index (χ2v) is 8.62. The molecule has 7 nitrogen and oxygen atoms in total. The molecule has 24 heavy (non-hydrogen) atoms. The second-order valence-electron chi connectivity index (χ2n) is 6.64. The van der Waals surface area contributed by atoms with Crippen LogP contribution in [-0.2, 0) is 19.6 Å². The van der Waals surface area contributed by atoms with E-state index in [-0.39, 0.29) is 30.3 Å². The first-order valence-corrected chi connectivity index (χ1v) is 10.1. The van der Waals surface area contributed by atoms with Gasteiger partial charge in [-0.3, -0.25) is 4.79 Å². The highest BCUT2D eigenvalue weighted by atomic mass is 32.2. The van der Waals surface area contributed by atoms with E-state index in [1.54, 1.807) is 0 Å². The van der Waals surface area contributed by atoms with E-state index in [4.69, 9.17) is 9.15 Å². The van der Waals surface area contributed by atoms with Crippen molar-refractivity contribution in [3.8, 4) is 0 Å². The molecule has 2 fully saturated rings. The maximum Gasteiger partial charge on any atom is 0.223 e. The predicted molar refractivity (Wildman–Crippen MR) is 88.1 cm³/mol. The van der Waals surface area contributed by atoms with E-state index in [0.29, 0.717) is 32.6 Å². The monoisotopic (exact) mass is 356 g/mol. The highest BCUT2D eigenvalue weighted by molar-refractivity contribution is 7.88. The van der Waals surface area contributed by atoms with Gasteiger partial charge in [-0.1, -0.05) is 0 Å². The van der Waals surface area contributed by atoms with Gasteiger partial charge in [0, 0.05) is 32.2 Å². The van der Waals surface area contributed by atoms with Crippen LogP contribution in [0.2, 0.25) is 0 Å². The van der Waals surface area contributed by atoms with Gasteiger partial charge in [0.1, 0.15) is 11.5 Å². The van der Waals surface area contributed by atoms with Crippen LogP contribution in [0, 0.1) is 12.8 Å². The fourth-order valence-electron chi connectivity index (χ4n) is 3.39. The summed E-state index contributed by atoms with van der Waals surface area (Å²) in [5, 5.41) is 3.05. The molecule has 2 aliphatic heterocycles. The normalized spacial score (nSPS) is 26.6. The number of nitrogens with one attached hydrogen (secondary N) is 1. The molecule has 0 radical (unpaired) electrons. The molecule has 8 heteroatoms. The Labute approximate surface area is 142 Å². The van der Waals surface area contributed by atoms with Gasteiger partial charge < -0.3 is 14.5 Å². The van der Waals surface area contributed by atoms with E-state index >= 15 is 0 Å². The molecule has 1 aromatic heterocycles. The highest BCUT2D eigenvalue weighted by Gasteiger charge is 2.41. The number of furan rings is 1. The van der Waals surface area contributed by atoms with Crippen molar-refractivity contribution in [2.24, 2.45) is 5.92 Å². The summed E-state index contributed by atoms with van der Waals surface area (Å²) in [4.78, 5) is 12.5. The van der Waals surface area contributed by atoms with Gasteiger partial charge in [-0.2, -0.15) is 4.31 Å². The third-order valence-corrected chi connectivity index (χ3v) is 6.04. The molecule has 3 heterocycles. The standard InChI is InChI=1S/C16H24N2O5S/c1-11-3-4-15(23-11)13-9-18(24(2,20)21)10-14(13)17-16(19)12-5-7-22-8-6-12/h3-4,12-14H,5-10H2,1-2H3,(H,17,19)/t13-,14-/m0/s1. The van der Waals surface area contributed by atoms with Crippen LogP contribution >= 0.6 is 0 Å². The predicted octanol–water partition coefficient (Wildman–Crippen LogP) is 0.858. The van der Waals surface area contributed by atoms with Gasteiger partial charge in [0.15, 0.2) is 0 Å². The van der Waals surface area contributed by atoms with Crippen molar-refractivity contribution >= 4 is 15.9 Å². The molecule has 0 unspecified atom stereocenters. The first-order valence-electron chi connectivity index (χ1n) is 8.24. The molecule has 0 bridgehead atoms. The lowest BCUT2D eigenvalue weighted by molar-refractivity contribution is -0.128. The number of hydrogen-bond acceptors (Lipinski definition) is 5. The average molecular weight is 356 g/mol. The third-order valence-electron chi connectivity index (χ3n) is 4.80. The fraction of sp³-hybridized carbons (Fsp3) is 0.688. The van der Waals surface area contributed by atoms with Crippen molar-refractivity contribution in [1.82, 2.24) is 9.62 Å². The van der Waals surface area contributed by atoms with Crippen molar-refractivity contribution < 1.29 is 22.4 Å². The molecular formula is C16H24N2O5S. The molecule has 134 valence electrons. The van der Waals surface area contributed by atoms with Crippen LogP contribution in [0.4, 0.5) is 0 Å². The van der Waals surface area contributed by atoms with E-state index in [0.717, 1.165) is 11.5 Å². The smallest absolute Gasteiger partial charge is 0.223 e. The number of carbonyl (C=O) groups excluding carboxylic acids is 1. The van der Waals surface area contributed by atoms with E-state index in [1.165, 1.54) is 10.6 Å². The van der Waals surface area contributed by atoms with Gasteiger partial charge >= 0.3 is 0 Å². The third kappa shape index (κ3) is 3.81. The molecule has 1 N–H and O–H groups in total. The Morgan fingerprint density at radius 1 is 1.25 bits per heavy atom. The van der Waals surface area contributed by atoms with Gasteiger partial charge in [-0.05, 0) is 31.9 Å². The van der Waals surface area contributed by atoms with E-state index in [1.807, 2.05) is 19.1 Å². The van der Waals surface area contributed by atoms with E-state index in [9.17, 15) is 13.2 Å². The molecule has 1 aromatic rings. The summed E-state index contributed by atoms with van der Waals surface area (Å²) in [6, 6.07) is 3.44. The van der Waals surface area contributed by atoms with Crippen molar-refractivity contribution in [2.45, 2.75) is 31.7 Å². The van der Waals surface area contributed by atoms with Crippen LogP contribution in [0.3, 0.4) is 0 Å². The molecule has 0 aliphatic carbocycles. The topological polar surface area (TPSA) is 88.9 Å². The summed E-state index contributed by atoms with van der Waals surface area (Å²) < 4.78 is 36.2. The molecule has 3 rings (SSSR count). The minimum atomic E-state index is -3.31. The lowest BCUT2D eigenvalue weighted by Crippen LogP contribution is -2.44. The number of sulfonamides is 1. The summed E-state index contributed by atoms with van der Waals surface area (Å²) in [7, 11) is -3.31. The van der Waals surface area contributed by atoms with Gasteiger partial charge in [-0.15, -0.1) is 0 Å². The number of aryl methyl sites for hydroxylation is 1. The first kappa shape index (κ1) is 17.4. The maximum absolute atomic E-state index is 12.5. The number of rotatable bonds is 4. The van der Waals surface area contributed by atoms with Crippen molar-refractivity contribution in [1.29, 1.82) is 0 Å². The number of carbonyl (C=O) groups is 1. The van der Waals surface area contributed by atoms with Crippen LogP contribution < -0.4 is 5.32 Å². The molecule has 0 spiro atoms. The molecule has 0 saturated carbocycles. The number of nitrogens with zero attached hydrogens (tertiary/aromatic N) is 1. The van der Waals surface area contributed by atoms with Gasteiger partial charge in [0.25, 0.3) is 0 Å². The van der Waals surface area contributed by atoms with E-state index in [2.05, 4.69) is 5.32 Å². The zero-order chi connectivity index (χ0) is 17.3. The fourth-order valence-corrected chi connectivity index (χ4v) is 4.25. The van der Waals surface area contributed by atoms with Crippen LogP contribution in [-0.4, -0.2) is 57.2 Å². The summed E-state index contributed by atoms with van der Waals surface area (Å²) in [5.41, 5.74) is 0. The van der Waals surface area contributed by atoms with Crippen LogP contribution in [0.15, 0.2) is 16.5 Å². The van der Waals surface area contributed by atoms with Crippen LogP contribution in [0.5, 0.6) is 0 Å². The van der Waals surface area contributed by atoms with Crippen LogP contribution in [0.25, 0.3) is 0 Å². The highest BCUT2D eigenvalue weighted by Crippen LogP contribution is 2.31. The quantitative estimate of drug-likeness (QED) is 0.864. The molecule has 2 aliphatic rings. The summed E-state index contributed by atoms with van der Waals surface area (Å²) >= 11 is 0. The second kappa shape index (κ2) is 6.85. The lowest BCUT2D eigenvalue weighted by Gasteiger charge is -2.25. The Morgan fingerprint density at radius 3 is 2.54 bits per heavy atom. The Hall–Kier alpha value is -1.38. The average Bonchev–Trinajstić information content (AvgIpc) is 3.14. The molecule has 2 atom stereocenters. The minimum Gasteiger partial charge on any atom is -0.466 e. The summed E-state index contributed by atoms with van der Waals surface area (Å²) in [5.74, 6) is 1.24.